The van der Waals surface area contributed by atoms with Crippen LogP contribution in [0.5, 0.6) is 0 Å². The van der Waals surface area contributed by atoms with Gasteiger partial charge in [-0.1, -0.05) is 18.2 Å². The van der Waals surface area contributed by atoms with E-state index in [9.17, 15) is 0 Å². The highest BCUT2D eigenvalue weighted by atomic mass is 32.1. The SMILES string of the molecule is SCCN1CCN(c2ccc3ccccc3n2)CC1. The molecule has 1 aliphatic heterocycles. The van der Waals surface area contributed by atoms with Crippen LogP contribution in [0, 0.1) is 0 Å². The monoisotopic (exact) mass is 273 g/mol. The minimum Gasteiger partial charge on any atom is -0.354 e. The molecule has 100 valence electrons. The first kappa shape index (κ1) is 12.8. The molecule has 3 nitrogen and oxygen atoms in total. The normalized spacial score (nSPS) is 17.0. The Balaban J connectivity index is 1.74. The zero-order valence-electron chi connectivity index (χ0n) is 11.0. The van der Waals surface area contributed by atoms with Gasteiger partial charge in [0, 0.05) is 43.9 Å². The number of thiol groups is 1. The van der Waals surface area contributed by atoms with E-state index in [1.165, 1.54) is 5.39 Å². The van der Waals surface area contributed by atoms with Gasteiger partial charge in [0.2, 0.25) is 0 Å². The zero-order valence-corrected chi connectivity index (χ0v) is 11.9. The van der Waals surface area contributed by atoms with E-state index in [4.69, 9.17) is 4.98 Å². The van der Waals surface area contributed by atoms with Gasteiger partial charge < -0.3 is 4.90 Å². The number of anilines is 1. The second-order valence-electron chi connectivity index (χ2n) is 4.91. The Kier molecular flexibility index (Phi) is 3.89. The van der Waals surface area contributed by atoms with Gasteiger partial charge in [-0.25, -0.2) is 4.98 Å². The maximum absolute atomic E-state index is 4.76. The van der Waals surface area contributed by atoms with Gasteiger partial charge >= 0.3 is 0 Å². The average Bonchev–Trinajstić information content (AvgIpc) is 2.48. The molecule has 1 aromatic carbocycles. The highest BCUT2D eigenvalue weighted by Gasteiger charge is 2.17. The van der Waals surface area contributed by atoms with E-state index in [0.717, 1.165) is 49.8 Å². The lowest BCUT2D eigenvalue weighted by molar-refractivity contribution is 0.273. The molecule has 1 aliphatic rings. The minimum absolute atomic E-state index is 0.939. The van der Waals surface area contributed by atoms with Crippen LogP contribution in [-0.2, 0) is 0 Å². The molecule has 0 saturated carbocycles. The Labute approximate surface area is 119 Å². The van der Waals surface area contributed by atoms with Crippen LogP contribution in [0.25, 0.3) is 10.9 Å². The van der Waals surface area contributed by atoms with Crippen LogP contribution in [0.4, 0.5) is 5.82 Å². The van der Waals surface area contributed by atoms with Gasteiger partial charge in [0.05, 0.1) is 5.52 Å². The number of rotatable bonds is 3. The molecule has 0 atom stereocenters. The van der Waals surface area contributed by atoms with Crippen LogP contribution in [-0.4, -0.2) is 48.4 Å². The van der Waals surface area contributed by atoms with E-state index in [2.05, 4.69) is 52.8 Å². The summed E-state index contributed by atoms with van der Waals surface area (Å²) in [7, 11) is 0. The van der Waals surface area contributed by atoms with Gasteiger partial charge in [0.15, 0.2) is 0 Å². The molecule has 0 amide bonds. The van der Waals surface area contributed by atoms with Gasteiger partial charge in [0.1, 0.15) is 5.82 Å². The Morgan fingerprint density at radius 1 is 1.00 bits per heavy atom. The molecular formula is C15H19N3S. The molecule has 0 radical (unpaired) electrons. The summed E-state index contributed by atoms with van der Waals surface area (Å²) in [4.78, 5) is 9.60. The summed E-state index contributed by atoms with van der Waals surface area (Å²) in [6.45, 7) is 5.41. The van der Waals surface area contributed by atoms with E-state index in [-0.39, 0.29) is 0 Å². The second kappa shape index (κ2) is 5.80. The van der Waals surface area contributed by atoms with Crippen molar-refractivity contribution in [3.8, 4) is 0 Å². The standard InChI is InChI=1S/C15H19N3S/c19-12-11-17-7-9-18(10-8-17)15-6-5-13-3-1-2-4-14(13)16-15/h1-6,19H,7-12H2. The fourth-order valence-electron chi connectivity index (χ4n) is 2.57. The molecule has 2 heterocycles. The Morgan fingerprint density at radius 2 is 1.79 bits per heavy atom. The van der Waals surface area contributed by atoms with Gasteiger partial charge in [-0.2, -0.15) is 12.6 Å². The number of hydrogen-bond acceptors (Lipinski definition) is 4. The zero-order chi connectivity index (χ0) is 13.1. The molecule has 2 aromatic rings. The summed E-state index contributed by atoms with van der Waals surface area (Å²) in [5.41, 5.74) is 1.08. The number of piperazine rings is 1. The van der Waals surface area contributed by atoms with Crippen LogP contribution < -0.4 is 4.90 Å². The summed E-state index contributed by atoms with van der Waals surface area (Å²) in [5, 5.41) is 1.21. The van der Waals surface area contributed by atoms with Gasteiger partial charge in [0.25, 0.3) is 0 Å². The number of hydrogen-bond donors (Lipinski definition) is 1. The Morgan fingerprint density at radius 3 is 2.58 bits per heavy atom. The van der Waals surface area contributed by atoms with Gasteiger partial charge in [-0.15, -0.1) is 0 Å². The molecule has 0 bridgehead atoms. The number of pyridine rings is 1. The predicted molar refractivity (Wildman–Crippen MR) is 84.2 cm³/mol. The summed E-state index contributed by atoms with van der Waals surface area (Å²) >= 11 is 4.30. The van der Waals surface area contributed by atoms with Crippen LogP contribution in [0.15, 0.2) is 36.4 Å². The lowest BCUT2D eigenvalue weighted by Crippen LogP contribution is -2.47. The van der Waals surface area contributed by atoms with Crippen molar-refractivity contribution in [2.24, 2.45) is 0 Å². The van der Waals surface area contributed by atoms with Crippen LogP contribution in [0.1, 0.15) is 0 Å². The van der Waals surface area contributed by atoms with E-state index in [1.54, 1.807) is 0 Å². The number of para-hydroxylation sites is 1. The topological polar surface area (TPSA) is 19.4 Å². The average molecular weight is 273 g/mol. The van der Waals surface area contributed by atoms with Crippen LogP contribution in [0.2, 0.25) is 0 Å². The van der Waals surface area contributed by atoms with E-state index in [0.29, 0.717) is 0 Å². The smallest absolute Gasteiger partial charge is 0.129 e. The molecule has 1 saturated heterocycles. The number of benzene rings is 1. The first-order chi connectivity index (χ1) is 9.36. The second-order valence-corrected chi connectivity index (χ2v) is 5.36. The quantitative estimate of drug-likeness (QED) is 0.866. The maximum Gasteiger partial charge on any atom is 0.129 e. The van der Waals surface area contributed by atoms with Crippen molar-refractivity contribution < 1.29 is 0 Å². The molecule has 3 rings (SSSR count). The number of aromatic nitrogens is 1. The molecule has 0 aliphatic carbocycles. The lowest BCUT2D eigenvalue weighted by Gasteiger charge is -2.35. The third-order valence-electron chi connectivity index (χ3n) is 3.70. The van der Waals surface area contributed by atoms with Crippen molar-refractivity contribution in [2.75, 3.05) is 43.4 Å². The molecule has 4 heteroatoms. The molecule has 0 unspecified atom stereocenters. The predicted octanol–water partition coefficient (Wildman–Crippen LogP) is 2.29. The van der Waals surface area contributed by atoms with E-state index < -0.39 is 0 Å². The van der Waals surface area contributed by atoms with Crippen molar-refractivity contribution in [2.45, 2.75) is 0 Å². The third-order valence-corrected chi connectivity index (χ3v) is 3.90. The van der Waals surface area contributed by atoms with Gasteiger partial charge in [-0.3, -0.25) is 4.90 Å². The molecule has 19 heavy (non-hydrogen) atoms. The van der Waals surface area contributed by atoms with Crippen molar-refractivity contribution in [1.29, 1.82) is 0 Å². The Hall–Kier alpha value is -1.26. The number of fused-ring (bicyclic) bond motifs is 1. The van der Waals surface area contributed by atoms with Crippen molar-refractivity contribution in [3.05, 3.63) is 36.4 Å². The van der Waals surface area contributed by atoms with Crippen molar-refractivity contribution >= 4 is 29.3 Å². The fourth-order valence-corrected chi connectivity index (χ4v) is 2.86. The van der Waals surface area contributed by atoms with Crippen LogP contribution >= 0.6 is 12.6 Å². The molecule has 0 spiro atoms. The first-order valence-corrected chi connectivity index (χ1v) is 7.44. The fraction of sp³-hybridized carbons (Fsp3) is 0.400. The van der Waals surface area contributed by atoms with Gasteiger partial charge in [-0.05, 0) is 18.2 Å². The summed E-state index contributed by atoms with van der Waals surface area (Å²) in [6, 6.07) is 12.6. The maximum atomic E-state index is 4.76. The van der Waals surface area contributed by atoms with E-state index >= 15 is 0 Å². The summed E-state index contributed by atoms with van der Waals surface area (Å²) in [6.07, 6.45) is 0. The van der Waals surface area contributed by atoms with E-state index in [1.807, 2.05) is 6.07 Å². The first-order valence-electron chi connectivity index (χ1n) is 6.81. The minimum atomic E-state index is 0.939. The molecule has 0 N–H and O–H groups in total. The largest absolute Gasteiger partial charge is 0.354 e. The molecule has 1 fully saturated rings. The summed E-state index contributed by atoms with van der Waals surface area (Å²) < 4.78 is 0. The number of nitrogens with zero attached hydrogens (tertiary/aromatic N) is 3. The highest BCUT2D eigenvalue weighted by molar-refractivity contribution is 7.80. The molecular weight excluding hydrogens is 254 g/mol. The third kappa shape index (κ3) is 2.85. The van der Waals surface area contributed by atoms with Crippen molar-refractivity contribution in [3.63, 3.8) is 0 Å². The summed E-state index contributed by atoms with van der Waals surface area (Å²) in [5.74, 6) is 2.04. The molecule has 1 aromatic heterocycles. The van der Waals surface area contributed by atoms with Crippen molar-refractivity contribution in [1.82, 2.24) is 9.88 Å². The Bertz CT molecular complexity index is 550. The lowest BCUT2D eigenvalue weighted by atomic mass is 10.2. The highest BCUT2D eigenvalue weighted by Crippen LogP contribution is 2.19. The van der Waals surface area contributed by atoms with Crippen LogP contribution in [0.3, 0.4) is 0 Å².